The maximum atomic E-state index is 14.1. The Kier molecular flexibility index (Phi) is 6.79. The number of amides is 2. The molecular formula is C23H23F2N3O3. The van der Waals surface area contributed by atoms with Crippen molar-refractivity contribution in [3.05, 3.63) is 71.6 Å². The van der Waals surface area contributed by atoms with Crippen LogP contribution >= 0.6 is 0 Å². The number of oxazole rings is 1. The van der Waals surface area contributed by atoms with Gasteiger partial charge in [0.2, 0.25) is 17.7 Å². The van der Waals surface area contributed by atoms with Crippen molar-refractivity contribution in [1.29, 1.82) is 0 Å². The van der Waals surface area contributed by atoms with Crippen molar-refractivity contribution in [1.82, 2.24) is 10.3 Å². The largest absolute Gasteiger partial charge is 0.441 e. The number of hydrogen-bond acceptors (Lipinski definition) is 4. The van der Waals surface area contributed by atoms with Crippen LogP contribution in [0.2, 0.25) is 0 Å². The number of carbonyl (C=O) groups excluding carboxylic acids is 2. The molecule has 3 rings (SSSR count). The SMILES string of the molecule is CC(=O)NC(CC(=O)Nc1ccc(-c2ncc(C(C)C)o2)cc1)c1c(F)cccc1F. The van der Waals surface area contributed by atoms with Gasteiger partial charge in [-0.25, -0.2) is 13.8 Å². The quantitative estimate of drug-likeness (QED) is 0.559. The average molecular weight is 427 g/mol. The Balaban J connectivity index is 1.71. The number of nitrogens with one attached hydrogen (secondary N) is 2. The van der Waals surface area contributed by atoms with E-state index in [-0.39, 0.29) is 17.9 Å². The number of nitrogens with zero attached hydrogens (tertiary/aromatic N) is 1. The van der Waals surface area contributed by atoms with E-state index in [2.05, 4.69) is 15.6 Å². The van der Waals surface area contributed by atoms with Crippen molar-refractivity contribution in [3.63, 3.8) is 0 Å². The number of anilines is 1. The first kappa shape index (κ1) is 22.1. The Morgan fingerprint density at radius 1 is 1.06 bits per heavy atom. The molecule has 0 saturated carbocycles. The molecule has 162 valence electrons. The van der Waals surface area contributed by atoms with Crippen molar-refractivity contribution >= 4 is 17.5 Å². The van der Waals surface area contributed by atoms with Gasteiger partial charge in [-0.1, -0.05) is 19.9 Å². The third kappa shape index (κ3) is 5.53. The van der Waals surface area contributed by atoms with Crippen LogP contribution in [0.1, 0.15) is 50.5 Å². The molecule has 2 amide bonds. The van der Waals surface area contributed by atoms with E-state index < -0.39 is 29.5 Å². The predicted molar refractivity (Wildman–Crippen MR) is 112 cm³/mol. The topological polar surface area (TPSA) is 84.2 Å². The lowest BCUT2D eigenvalue weighted by Gasteiger charge is -2.19. The summed E-state index contributed by atoms with van der Waals surface area (Å²) in [6.07, 6.45) is 1.34. The Morgan fingerprint density at radius 2 is 1.71 bits per heavy atom. The predicted octanol–water partition coefficient (Wildman–Crippen LogP) is 4.95. The third-order valence-corrected chi connectivity index (χ3v) is 4.62. The number of halogens is 2. The Bertz CT molecular complexity index is 1060. The fraction of sp³-hybridized carbons (Fsp3) is 0.261. The van der Waals surface area contributed by atoms with Gasteiger partial charge in [-0.05, 0) is 36.4 Å². The molecule has 3 aromatic rings. The first-order chi connectivity index (χ1) is 14.7. The van der Waals surface area contributed by atoms with Crippen LogP contribution in [0.5, 0.6) is 0 Å². The molecule has 0 aliphatic heterocycles. The van der Waals surface area contributed by atoms with E-state index in [0.717, 1.165) is 23.5 Å². The molecule has 1 atom stereocenters. The molecule has 0 radical (unpaired) electrons. The summed E-state index contributed by atoms with van der Waals surface area (Å²) in [5.41, 5.74) is 0.877. The summed E-state index contributed by atoms with van der Waals surface area (Å²) in [4.78, 5) is 28.2. The van der Waals surface area contributed by atoms with E-state index in [4.69, 9.17) is 4.42 Å². The maximum Gasteiger partial charge on any atom is 0.226 e. The lowest BCUT2D eigenvalue weighted by molar-refractivity contribution is -0.120. The number of rotatable bonds is 7. The summed E-state index contributed by atoms with van der Waals surface area (Å²) >= 11 is 0. The van der Waals surface area contributed by atoms with Gasteiger partial charge >= 0.3 is 0 Å². The highest BCUT2D eigenvalue weighted by Crippen LogP contribution is 2.26. The van der Waals surface area contributed by atoms with Crippen molar-refractivity contribution < 1.29 is 22.8 Å². The van der Waals surface area contributed by atoms with Gasteiger partial charge in [-0.2, -0.15) is 0 Å². The molecule has 0 aliphatic rings. The normalized spacial score (nSPS) is 11.9. The van der Waals surface area contributed by atoms with E-state index in [0.29, 0.717) is 11.6 Å². The summed E-state index contributed by atoms with van der Waals surface area (Å²) in [6, 6.07) is 9.07. The number of aromatic nitrogens is 1. The van der Waals surface area contributed by atoms with Gasteiger partial charge in [0.15, 0.2) is 0 Å². The van der Waals surface area contributed by atoms with Gasteiger partial charge in [0.25, 0.3) is 0 Å². The van der Waals surface area contributed by atoms with E-state index >= 15 is 0 Å². The second-order valence-corrected chi connectivity index (χ2v) is 7.44. The minimum Gasteiger partial charge on any atom is -0.441 e. The monoisotopic (exact) mass is 427 g/mol. The molecule has 0 spiro atoms. The summed E-state index contributed by atoms with van der Waals surface area (Å²) in [5.74, 6) is -1.20. The zero-order valence-electron chi connectivity index (χ0n) is 17.4. The van der Waals surface area contributed by atoms with E-state index in [1.54, 1.807) is 30.5 Å². The molecule has 1 unspecified atom stereocenters. The maximum absolute atomic E-state index is 14.1. The number of carbonyl (C=O) groups is 2. The lowest BCUT2D eigenvalue weighted by atomic mass is 10.0. The van der Waals surface area contributed by atoms with Crippen LogP contribution in [0.4, 0.5) is 14.5 Å². The minimum atomic E-state index is -1.14. The van der Waals surface area contributed by atoms with E-state index in [1.165, 1.54) is 13.0 Å². The standard InChI is InChI=1S/C23H23F2N3O3/c1-13(2)20-12-26-23(31-20)15-7-9-16(10-8-15)28-21(30)11-19(27-14(3)29)22-17(24)5-4-6-18(22)25/h4-10,12-13,19H,11H2,1-3H3,(H,27,29)(H,28,30). The summed E-state index contributed by atoms with van der Waals surface area (Å²) in [7, 11) is 0. The van der Waals surface area contributed by atoms with Crippen LogP contribution in [0.25, 0.3) is 11.5 Å². The highest BCUT2D eigenvalue weighted by atomic mass is 19.1. The number of hydrogen-bond donors (Lipinski definition) is 2. The van der Waals surface area contributed by atoms with Crippen molar-refractivity contribution in [2.75, 3.05) is 5.32 Å². The van der Waals surface area contributed by atoms with Gasteiger partial charge in [0.1, 0.15) is 17.4 Å². The van der Waals surface area contributed by atoms with Crippen LogP contribution in [0.15, 0.2) is 53.1 Å². The van der Waals surface area contributed by atoms with Crippen molar-refractivity contribution in [2.45, 2.75) is 39.2 Å². The summed E-state index contributed by atoms with van der Waals surface area (Å²) in [6.45, 7) is 5.23. The zero-order chi connectivity index (χ0) is 22.5. The smallest absolute Gasteiger partial charge is 0.226 e. The second kappa shape index (κ2) is 9.51. The van der Waals surface area contributed by atoms with Gasteiger partial charge in [0, 0.05) is 29.7 Å². The molecule has 0 saturated heterocycles. The third-order valence-electron chi connectivity index (χ3n) is 4.62. The van der Waals surface area contributed by atoms with Crippen LogP contribution in [-0.4, -0.2) is 16.8 Å². The van der Waals surface area contributed by atoms with Crippen molar-refractivity contribution in [3.8, 4) is 11.5 Å². The molecule has 31 heavy (non-hydrogen) atoms. The highest BCUT2D eigenvalue weighted by Gasteiger charge is 2.24. The van der Waals surface area contributed by atoms with Crippen molar-refractivity contribution in [2.24, 2.45) is 0 Å². The Labute approximate surface area is 178 Å². The molecule has 0 aliphatic carbocycles. The average Bonchev–Trinajstić information content (AvgIpc) is 3.18. The second-order valence-electron chi connectivity index (χ2n) is 7.44. The molecule has 2 aromatic carbocycles. The Hall–Kier alpha value is -3.55. The minimum absolute atomic E-state index is 0.218. The fourth-order valence-corrected chi connectivity index (χ4v) is 3.09. The van der Waals surface area contributed by atoms with Crippen LogP contribution < -0.4 is 10.6 Å². The van der Waals surface area contributed by atoms with Gasteiger partial charge in [-0.15, -0.1) is 0 Å². The molecule has 0 bridgehead atoms. The van der Waals surface area contributed by atoms with Crippen LogP contribution in [-0.2, 0) is 9.59 Å². The molecule has 0 fully saturated rings. The van der Waals surface area contributed by atoms with Crippen LogP contribution in [0, 0.1) is 11.6 Å². The summed E-state index contributed by atoms with van der Waals surface area (Å²) < 4.78 is 34.0. The Morgan fingerprint density at radius 3 is 2.26 bits per heavy atom. The molecule has 2 N–H and O–H groups in total. The highest BCUT2D eigenvalue weighted by molar-refractivity contribution is 5.91. The summed E-state index contributed by atoms with van der Waals surface area (Å²) in [5, 5.41) is 5.11. The van der Waals surface area contributed by atoms with Crippen LogP contribution in [0.3, 0.4) is 0 Å². The number of benzene rings is 2. The first-order valence-electron chi connectivity index (χ1n) is 9.81. The fourth-order valence-electron chi connectivity index (χ4n) is 3.09. The molecule has 8 heteroatoms. The first-order valence-corrected chi connectivity index (χ1v) is 9.81. The van der Waals surface area contributed by atoms with E-state index in [1.807, 2.05) is 13.8 Å². The molecule has 1 heterocycles. The van der Waals surface area contributed by atoms with Gasteiger partial charge < -0.3 is 15.1 Å². The molecular weight excluding hydrogens is 404 g/mol. The lowest BCUT2D eigenvalue weighted by Crippen LogP contribution is -2.31. The van der Waals surface area contributed by atoms with Gasteiger partial charge in [-0.3, -0.25) is 9.59 Å². The molecule has 1 aromatic heterocycles. The van der Waals surface area contributed by atoms with E-state index in [9.17, 15) is 18.4 Å². The molecule has 6 nitrogen and oxygen atoms in total. The van der Waals surface area contributed by atoms with Gasteiger partial charge in [0.05, 0.1) is 18.7 Å². The zero-order valence-corrected chi connectivity index (χ0v) is 17.4.